The van der Waals surface area contributed by atoms with Gasteiger partial charge in [0.25, 0.3) is 0 Å². The average Bonchev–Trinajstić information content (AvgIpc) is 3.01. The van der Waals surface area contributed by atoms with Gasteiger partial charge in [0, 0.05) is 0 Å². The zero-order valence-corrected chi connectivity index (χ0v) is 15.3. The molecule has 0 bridgehead atoms. The van der Waals surface area contributed by atoms with E-state index in [0.29, 0.717) is 21.9 Å². The molecule has 0 spiro atoms. The van der Waals surface area contributed by atoms with Crippen LogP contribution in [0.1, 0.15) is 33.3 Å². The van der Waals surface area contributed by atoms with Gasteiger partial charge in [-0.1, -0.05) is 17.8 Å². The maximum atomic E-state index is 13.8. The van der Waals surface area contributed by atoms with E-state index in [9.17, 15) is 9.18 Å². The van der Waals surface area contributed by atoms with Gasteiger partial charge in [0.15, 0.2) is 5.17 Å². The molecule has 2 fully saturated rings. The predicted octanol–water partition coefficient (Wildman–Crippen LogP) is 1.68. The molecule has 0 atom stereocenters. The highest BCUT2D eigenvalue weighted by molar-refractivity contribution is 8.15. The van der Waals surface area contributed by atoms with E-state index < -0.39 is 18.3 Å². The van der Waals surface area contributed by atoms with Crippen LogP contribution in [0, 0.1) is 5.82 Å². The van der Waals surface area contributed by atoms with E-state index in [0.717, 1.165) is 0 Å². The monoisotopic (exact) mass is 363 g/mol. The Morgan fingerprint density at radius 2 is 1.96 bits per heavy atom. The molecule has 132 valence electrons. The van der Waals surface area contributed by atoms with Crippen molar-refractivity contribution in [3.05, 3.63) is 29.6 Å². The average molecular weight is 363 g/mol. The number of halogens is 1. The number of amides is 1. The van der Waals surface area contributed by atoms with Crippen molar-refractivity contribution in [1.82, 2.24) is 5.32 Å². The standard InChI is InChI=1S/C16H19BFN3O3S/c1-15(2)16(3,4)24-17(23-15)12-7-11(18)6-5-10(12)8-19-21-14-20-13(22)9-25-14/h5-8H,9H2,1-4H3,(H,20,21,22). The van der Waals surface area contributed by atoms with Crippen LogP contribution in [0.25, 0.3) is 0 Å². The fourth-order valence-corrected chi connectivity index (χ4v) is 2.99. The fourth-order valence-electron chi connectivity index (χ4n) is 2.36. The Hall–Kier alpha value is -1.71. The fraction of sp³-hybridized carbons (Fsp3) is 0.438. The highest BCUT2D eigenvalue weighted by Crippen LogP contribution is 2.36. The van der Waals surface area contributed by atoms with Gasteiger partial charge in [0.2, 0.25) is 5.91 Å². The molecule has 0 aromatic heterocycles. The molecule has 1 aromatic rings. The Labute approximate surface area is 150 Å². The van der Waals surface area contributed by atoms with Gasteiger partial charge in [-0.15, -0.1) is 5.10 Å². The van der Waals surface area contributed by atoms with Crippen LogP contribution in [0.4, 0.5) is 4.39 Å². The topological polar surface area (TPSA) is 72.3 Å². The second-order valence-electron chi connectivity index (χ2n) is 6.85. The van der Waals surface area contributed by atoms with E-state index in [-0.39, 0.29) is 11.7 Å². The number of hydrogen-bond acceptors (Lipinski definition) is 6. The molecular formula is C16H19BFN3O3S. The van der Waals surface area contributed by atoms with Gasteiger partial charge in [-0.3, -0.25) is 4.79 Å². The molecule has 9 heteroatoms. The third kappa shape index (κ3) is 3.78. The molecule has 1 N–H and O–H groups in total. The first kappa shape index (κ1) is 18.1. The Morgan fingerprint density at radius 3 is 2.56 bits per heavy atom. The number of thioether (sulfide) groups is 1. The summed E-state index contributed by atoms with van der Waals surface area (Å²) in [5.74, 6) is -0.144. The minimum Gasteiger partial charge on any atom is -0.399 e. The van der Waals surface area contributed by atoms with Crippen molar-refractivity contribution in [1.29, 1.82) is 0 Å². The molecule has 1 aromatic carbocycles. The third-order valence-corrected chi connectivity index (χ3v) is 5.35. The number of carbonyl (C=O) groups is 1. The van der Waals surface area contributed by atoms with Gasteiger partial charge in [-0.05, 0) is 50.9 Å². The SMILES string of the molecule is CC1(C)OB(c2cc(F)ccc2C=NN=C2NC(=O)CS2)OC1(C)C. The Morgan fingerprint density at radius 1 is 1.28 bits per heavy atom. The molecule has 0 aliphatic carbocycles. The van der Waals surface area contributed by atoms with Crippen molar-refractivity contribution < 1.29 is 18.5 Å². The zero-order chi connectivity index (χ0) is 18.2. The van der Waals surface area contributed by atoms with E-state index in [2.05, 4.69) is 15.5 Å². The predicted molar refractivity (Wildman–Crippen MR) is 97.7 cm³/mol. The summed E-state index contributed by atoms with van der Waals surface area (Å²) in [6, 6.07) is 4.32. The van der Waals surface area contributed by atoms with Crippen molar-refractivity contribution in [2.24, 2.45) is 10.2 Å². The van der Waals surface area contributed by atoms with Crippen molar-refractivity contribution in [2.75, 3.05) is 5.75 Å². The van der Waals surface area contributed by atoms with Crippen LogP contribution in [0.15, 0.2) is 28.4 Å². The van der Waals surface area contributed by atoms with E-state index in [4.69, 9.17) is 9.31 Å². The molecule has 0 unspecified atom stereocenters. The first-order valence-corrected chi connectivity index (χ1v) is 8.85. The quantitative estimate of drug-likeness (QED) is 0.504. The Balaban J connectivity index is 1.86. The summed E-state index contributed by atoms with van der Waals surface area (Å²) in [7, 11) is -0.699. The van der Waals surface area contributed by atoms with Crippen LogP contribution in [0.2, 0.25) is 0 Å². The van der Waals surface area contributed by atoms with Gasteiger partial charge in [-0.2, -0.15) is 5.10 Å². The molecule has 2 saturated heterocycles. The molecule has 2 aliphatic rings. The Kier molecular flexibility index (Phi) is 4.74. The number of nitrogens with one attached hydrogen (secondary N) is 1. The van der Waals surface area contributed by atoms with Crippen LogP contribution in [-0.2, 0) is 14.1 Å². The molecule has 0 saturated carbocycles. The van der Waals surface area contributed by atoms with Gasteiger partial charge < -0.3 is 14.6 Å². The van der Waals surface area contributed by atoms with Crippen molar-refractivity contribution in [3.63, 3.8) is 0 Å². The lowest BCUT2D eigenvalue weighted by Gasteiger charge is -2.32. The number of amidine groups is 1. The van der Waals surface area contributed by atoms with Crippen LogP contribution < -0.4 is 10.8 Å². The van der Waals surface area contributed by atoms with E-state index in [1.54, 1.807) is 6.07 Å². The molecule has 0 radical (unpaired) electrons. The highest BCUT2D eigenvalue weighted by atomic mass is 32.2. The van der Waals surface area contributed by atoms with Crippen LogP contribution in [-0.4, -0.2) is 41.4 Å². The first-order chi connectivity index (χ1) is 11.7. The number of carbonyl (C=O) groups excluding carboxylic acids is 1. The van der Waals surface area contributed by atoms with Gasteiger partial charge >= 0.3 is 7.12 Å². The summed E-state index contributed by atoms with van der Waals surface area (Å²) in [5, 5.41) is 11.0. The number of hydrogen-bond donors (Lipinski definition) is 1. The lowest BCUT2D eigenvalue weighted by atomic mass is 9.76. The largest absolute Gasteiger partial charge is 0.495 e. The summed E-state index contributed by atoms with van der Waals surface area (Å²) in [6.07, 6.45) is 1.50. The summed E-state index contributed by atoms with van der Waals surface area (Å²) >= 11 is 1.28. The normalized spacial score (nSPS) is 23.6. The summed E-state index contributed by atoms with van der Waals surface area (Å²) in [6.45, 7) is 7.75. The lowest BCUT2D eigenvalue weighted by Crippen LogP contribution is -2.41. The second kappa shape index (κ2) is 6.55. The maximum Gasteiger partial charge on any atom is 0.495 e. The van der Waals surface area contributed by atoms with Crippen molar-refractivity contribution in [2.45, 2.75) is 38.9 Å². The molecule has 3 rings (SSSR count). The van der Waals surface area contributed by atoms with E-state index in [1.807, 2.05) is 27.7 Å². The number of benzene rings is 1. The number of nitrogens with zero attached hydrogens (tertiary/aromatic N) is 2. The third-order valence-electron chi connectivity index (χ3n) is 4.49. The van der Waals surface area contributed by atoms with Crippen LogP contribution >= 0.6 is 11.8 Å². The molecular weight excluding hydrogens is 344 g/mol. The highest BCUT2D eigenvalue weighted by Gasteiger charge is 2.52. The van der Waals surface area contributed by atoms with Gasteiger partial charge in [0.05, 0.1) is 23.2 Å². The van der Waals surface area contributed by atoms with Gasteiger partial charge in [0.1, 0.15) is 5.82 Å². The molecule has 6 nitrogen and oxygen atoms in total. The van der Waals surface area contributed by atoms with Gasteiger partial charge in [-0.25, -0.2) is 4.39 Å². The lowest BCUT2D eigenvalue weighted by molar-refractivity contribution is -0.116. The molecule has 2 heterocycles. The minimum absolute atomic E-state index is 0.0985. The van der Waals surface area contributed by atoms with Crippen LogP contribution in [0.3, 0.4) is 0 Å². The van der Waals surface area contributed by atoms with Crippen molar-refractivity contribution >= 4 is 41.6 Å². The minimum atomic E-state index is -0.699. The van der Waals surface area contributed by atoms with E-state index in [1.165, 1.54) is 30.1 Å². The van der Waals surface area contributed by atoms with Crippen molar-refractivity contribution in [3.8, 4) is 0 Å². The molecule has 1 amide bonds. The molecule has 2 aliphatic heterocycles. The number of rotatable bonds is 3. The smallest absolute Gasteiger partial charge is 0.399 e. The van der Waals surface area contributed by atoms with Crippen LogP contribution in [0.5, 0.6) is 0 Å². The summed E-state index contributed by atoms with van der Waals surface area (Å²) in [5.41, 5.74) is 0.136. The summed E-state index contributed by atoms with van der Waals surface area (Å²) < 4.78 is 25.7. The van der Waals surface area contributed by atoms with E-state index >= 15 is 0 Å². The molecule has 25 heavy (non-hydrogen) atoms. The first-order valence-electron chi connectivity index (χ1n) is 7.87. The zero-order valence-electron chi connectivity index (χ0n) is 14.5. The summed E-state index contributed by atoms with van der Waals surface area (Å²) in [4.78, 5) is 11.1. The maximum absolute atomic E-state index is 13.8. The second-order valence-corrected chi connectivity index (χ2v) is 7.81. The Bertz CT molecular complexity index is 751.